The van der Waals surface area contributed by atoms with Crippen LogP contribution >= 0.6 is 15.9 Å². The average molecular weight is 292 g/mol. The molecule has 96 valence electrons. The van der Waals surface area contributed by atoms with Crippen molar-refractivity contribution in [1.82, 2.24) is 4.90 Å². The van der Waals surface area contributed by atoms with E-state index >= 15 is 0 Å². The van der Waals surface area contributed by atoms with E-state index in [-0.39, 0.29) is 0 Å². The molecule has 1 N–H and O–H groups in total. The highest BCUT2D eigenvalue weighted by molar-refractivity contribution is 9.09. The Kier molecular flexibility index (Phi) is 5.75. The van der Waals surface area contributed by atoms with Crippen molar-refractivity contribution in [3.05, 3.63) is 0 Å². The molecule has 1 fully saturated rings. The highest BCUT2D eigenvalue weighted by atomic mass is 79.9. The lowest BCUT2D eigenvalue weighted by molar-refractivity contribution is 0.0602. The van der Waals surface area contributed by atoms with E-state index in [9.17, 15) is 5.11 Å². The number of aliphatic hydroxyl groups is 1. The molecule has 0 aromatic rings. The quantitative estimate of drug-likeness (QED) is 0.805. The Bertz CT molecular complexity index is 203. The van der Waals surface area contributed by atoms with Crippen molar-refractivity contribution in [1.29, 1.82) is 0 Å². The lowest BCUT2D eigenvalue weighted by atomic mass is 9.81. The molecule has 3 heteroatoms. The topological polar surface area (TPSA) is 23.5 Å². The van der Waals surface area contributed by atoms with Gasteiger partial charge in [0, 0.05) is 17.9 Å². The van der Waals surface area contributed by atoms with E-state index in [1.807, 2.05) is 0 Å². The first-order chi connectivity index (χ1) is 7.49. The monoisotopic (exact) mass is 291 g/mol. The maximum absolute atomic E-state index is 9.40. The molecule has 1 aliphatic rings. The molecule has 1 heterocycles. The number of halogens is 1. The van der Waals surface area contributed by atoms with Crippen LogP contribution in [0.15, 0.2) is 0 Å². The standard InChI is InChI=1S/C13H26BrNO/c1-13(2,3)11(8-14)9-15-7-5-4-6-12(15)10-16/h11-12,16H,4-10H2,1-3H3. The molecule has 1 rings (SSSR count). The van der Waals surface area contributed by atoms with Gasteiger partial charge in [0.25, 0.3) is 0 Å². The van der Waals surface area contributed by atoms with Gasteiger partial charge in [-0.1, -0.05) is 43.1 Å². The summed E-state index contributed by atoms with van der Waals surface area (Å²) in [5, 5.41) is 10.4. The summed E-state index contributed by atoms with van der Waals surface area (Å²) in [4.78, 5) is 2.49. The fraction of sp³-hybridized carbons (Fsp3) is 1.00. The van der Waals surface area contributed by atoms with Crippen molar-refractivity contribution < 1.29 is 5.11 Å². The molecule has 1 saturated heterocycles. The van der Waals surface area contributed by atoms with Gasteiger partial charge < -0.3 is 5.11 Å². The van der Waals surface area contributed by atoms with E-state index in [1.54, 1.807) is 0 Å². The van der Waals surface area contributed by atoms with E-state index in [1.165, 1.54) is 12.8 Å². The summed E-state index contributed by atoms with van der Waals surface area (Å²) in [6.07, 6.45) is 3.72. The number of hydrogen-bond donors (Lipinski definition) is 1. The van der Waals surface area contributed by atoms with Crippen molar-refractivity contribution in [3.63, 3.8) is 0 Å². The van der Waals surface area contributed by atoms with Gasteiger partial charge in [0.15, 0.2) is 0 Å². The highest BCUT2D eigenvalue weighted by Crippen LogP contribution is 2.30. The molecule has 2 unspecified atom stereocenters. The molecular weight excluding hydrogens is 266 g/mol. The number of aliphatic hydroxyl groups excluding tert-OH is 1. The van der Waals surface area contributed by atoms with Crippen LogP contribution in [0.4, 0.5) is 0 Å². The summed E-state index contributed by atoms with van der Waals surface area (Å²) in [6, 6.07) is 0.401. The molecule has 0 amide bonds. The molecule has 0 saturated carbocycles. The second-order valence-corrected chi connectivity index (χ2v) is 6.69. The van der Waals surface area contributed by atoms with Gasteiger partial charge in [-0.2, -0.15) is 0 Å². The molecule has 1 aliphatic heterocycles. The van der Waals surface area contributed by atoms with E-state index in [4.69, 9.17) is 0 Å². The third kappa shape index (κ3) is 4.01. The minimum absolute atomic E-state index is 0.319. The first kappa shape index (κ1) is 14.5. The van der Waals surface area contributed by atoms with Crippen LogP contribution in [-0.4, -0.2) is 41.1 Å². The Morgan fingerprint density at radius 3 is 2.56 bits per heavy atom. The Balaban J connectivity index is 2.55. The van der Waals surface area contributed by atoms with Crippen LogP contribution in [0.2, 0.25) is 0 Å². The van der Waals surface area contributed by atoms with Gasteiger partial charge in [-0.15, -0.1) is 0 Å². The summed E-state index contributed by atoms with van der Waals surface area (Å²) < 4.78 is 0. The molecular formula is C13H26BrNO. The highest BCUT2D eigenvalue weighted by Gasteiger charge is 2.29. The Morgan fingerprint density at radius 1 is 1.38 bits per heavy atom. The number of nitrogens with zero attached hydrogens (tertiary/aromatic N) is 1. The zero-order chi connectivity index (χ0) is 12.2. The summed E-state index contributed by atoms with van der Waals surface area (Å²) in [7, 11) is 0. The van der Waals surface area contributed by atoms with Crippen LogP contribution in [0.25, 0.3) is 0 Å². The van der Waals surface area contributed by atoms with E-state index in [0.717, 1.165) is 24.8 Å². The zero-order valence-electron chi connectivity index (χ0n) is 10.9. The van der Waals surface area contributed by atoms with Gasteiger partial charge in [-0.3, -0.25) is 4.90 Å². The number of alkyl halides is 1. The molecule has 0 aliphatic carbocycles. The fourth-order valence-corrected chi connectivity index (χ4v) is 3.52. The third-order valence-corrected chi connectivity index (χ3v) is 4.61. The zero-order valence-corrected chi connectivity index (χ0v) is 12.5. The molecule has 0 aromatic heterocycles. The van der Waals surface area contributed by atoms with E-state index < -0.39 is 0 Å². The first-order valence-electron chi connectivity index (χ1n) is 6.40. The van der Waals surface area contributed by atoms with Gasteiger partial charge in [0.2, 0.25) is 0 Å². The number of rotatable bonds is 4. The summed E-state index contributed by atoms with van der Waals surface area (Å²) in [6.45, 7) is 9.49. The lowest BCUT2D eigenvalue weighted by Crippen LogP contribution is -2.46. The maximum atomic E-state index is 9.40. The lowest BCUT2D eigenvalue weighted by Gasteiger charge is -2.40. The maximum Gasteiger partial charge on any atom is 0.0586 e. The third-order valence-electron chi connectivity index (χ3n) is 3.83. The summed E-state index contributed by atoms with van der Waals surface area (Å²) >= 11 is 3.63. The van der Waals surface area contributed by atoms with Crippen molar-refractivity contribution in [2.24, 2.45) is 11.3 Å². The number of piperidine rings is 1. The first-order valence-corrected chi connectivity index (χ1v) is 7.52. The minimum Gasteiger partial charge on any atom is -0.395 e. The predicted octanol–water partition coefficient (Wildman–Crippen LogP) is 2.89. The van der Waals surface area contributed by atoms with Crippen LogP contribution < -0.4 is 0 Å². The van der Waals surface area contributed by atoms with Crippen LogP contribution in [0.1, 0.15) is 40.0 Å². The van der Waals surface area contributed by atoms with E-state index in [0.29, 0.717) is 24.0 Å². The molecule has 0 radical (unpaired) electrons. The van der Waals surface area contributed by atoms with Gasteiger partial charge in [0.05, 0.1) is 6.61 Å². The second-order valence-electron chi connectivity index (χ2n) is 6.04. The summed E-state index contributed by atoms with van der Waals surface area (Å²) in [5.74, 6) is 0.652. The molecule has 2 nitrogen and oxygen atoms in total. The summed E-state index contributed by atoms with van der Waals surface area (Å²) in [5.41, 5.74) is 0.334. The number of hydrogen-bond acceptors (Lipinski definition) is 2. The molecule has 0 bridgehead atoms. The van der Waals surface area contributed by atoms with Gasteiger partial charge >= 0.3 is 0 Å². The smallest absolute Gasteiger partial charge is 0.0586 e. The minimum atomic E-state index is 0.319. The molecule has 0 aromatic carbocycles. The predicted molar refractivity (Wildman–Crippen MR) is 73.0 cm³/mol. The average Bonchev–Trinajstić information content (AvgIpc) is 2.24. The number of likely N-dealkylation sites (tertiary alicyclic amines) is 1. The van der Waals surface area contributed by atoms with Crippen LogP contribution in [0.5, 0.6) is 0 Å². The Labute approximate surface area is 109 Å². The van der Waals surface area contributed by atoms with Crippen LogP contribution in [0.3, 0.4) is 0 Å². The van der Waals surface area contributed by atoms with Gasteiger partial charge in [-0.25, -0.2) is 0 Å². The van der Waals surface area contributed by atoms with Crippen molar-refractivity contribution in [2.45, 2.75) is 46.1 Å². The fourth-order valence-electron chi connectivity index (χ4n) is 2.34. The van der Waals surface area contributed by atoms with Crippen molar-refractivity contribution in [3.8, 4) is 0 Å². The normalized spacial score (nSPS) is 25.7. The van der Waals surface area contributed by atoms with E-state index in [2.05, 4.69) is 41.6 Å². The van der Waals surface area contributed by atoms with Gasteiger partial charge in [-0.05, 0) is 30.7 Å². The van der Waals surface area contributed by atoms with Crippen LogP contribution in [-0.2, 0) is 0 Å². The Hall–Kier alpha value is 0.400. The largest absolute Gasteiger partial charge is 0.395 e. The van der Waals surface area contributed by atoms with Crippen molar-refractivity contribution in [2.75, 3.05) is 25.0 Å². The SMILES string of the molecule is CC(C)(C)C(CBr)CN1CCCCC1CO. The van der Waals surface area contributed by atoms with Gasteiger partial charge in [0.1, 0.15) is 0 Å². The second kappa shape index (κ2) is 6.36. The Morgan fingerprint density at radius 2 is 2.06 bits per heavy atom. The molecule has 16 heavy (non-hydrogen) atoms. The van der Waals surface area contributed by atoms with Crippen LogP contribution in [0, 0.1) is 11.3 Å². The van der Waals surface area contributed by atoms with Crippen molar-refractivity contribution >= 4 is 15.9 Å². The molecule has 0 spiro atoms. The molecule has 2 atom stereocenters.